The number of benzene rings is 1. The molecule has 1 aliphatic carbocycles. The molecule has 0 aromatic heterocycles. The fourth-order valence-corrected chi connectivity index (χ4v) is 2.80. The fourth-order valence-electron chi connectivity index (χ4n) is 2.80. The quantitative estimate of drug-likeness (QED) is 0.610. The molecule has 0 amide bonds. The molecule has 14 heavy (non-hydrogen) atoms. The predicted octanol–water partition coefficient (Wildman–Crippen LogP) is 3.13. The summed E-state index contributed by atoms with van der Waals surface area (Å²) in [5.41, 5.74) is 2.80. The van der Waals surface area contributed by atoms with E-state index in [9.17, 15) is 0 Å². The van der Waals surface area contributed by atoms with Gasteiger partial charge in [0.25, 0.3) is 0 Å². The zero-order valence-electron chi connectivity index (χ0n) is 8.74. The van der Waals surface area contributed by atoms with E-state index in [-0.39, 0.29) is 0 Å². The highest BCUT2D eigenvalue weighted by atomic mass is 15.4. The Morgan fingerprint density at radius 2 is 1.57 bits per heavy atom. The third kappa shape index (κ3) is 1.23. The van der Waals surface area contributed by atoms with Gasteiger partial charge in [-0.15, -0.1) is 0 Å². The summed E-state index contributed by atoms with van der Waals surface area (Å²) in [6.45, 7) is 2.15. The molecular weight excluding hydrogens is 170 g/mol. The van der Waals surface area contributed by atoms with Crippen molar-refractivity contribution in [3.63, 3.8) is 0 Å². The summed E-state index contributed by atoms with van der Waals surface area (Å²) in [7, 11) is 0. The first-order chi connectivity index (χ1) is 6.86. The molecule has 0 spiro atoms. The summed E-state index contributed by atoms with van der Waals surface area (Å²) in [6.07, 6.45) is 5.70. The third-order valence-corrected chi connectivity index (χ3v) is 3.65. The van der Waals surface area contributed by atoms with Crippen LogP contribution in [0.4, 0.5) is 5.69 Å². The average Bonchev–Trinajstić information content (AvgIpc) is 2.93. The summed E-state index contributed by atoms with van der Waals surface area (Å²) >= 11 is 0. The van der Waals surface area contributed by atoms with E-state index in [4.69, 9.17) is 0 Å². The Labute approximate surface area is 85.7 Å². The van der Waals surface area contributed by atoms with Crippen molar-refractivity contribution in [3.8, 4) is 0 Å². The van der Waals surface area contributed by atoms with Crippen LogP contribution in [0.15, 0.2) is 24.3 Å². The Hall–Kier alpha value is -0.980. The third-order valence-electron chi connectivity index (χ3n) is 3.65. The van der Waals surface area contributed by atoms with Crippen molar-refractivity contribution in [2.75, 3.05) is 4.90 Å². The summed E-state index contributed by atoms with van der Waals surface area (Å²) in [4.78, 5) is 2.60. The number of hydrogen-bond donors (Lipinski definition) is 0. The molecule has 1 heterocycles. The highest BCUT2D eigenvalue weighted by molar-refractivity contribution is 5.57. The van der Waals surface area contributed by atoms with E-state index < -0.39 is 0 Å². The Kier molecular flexibility index (Phi) is 1.79. The van der Waals surface area contributed by atoms with E-state index in [1.165, 1.54) is 36.9 Å². The van der Waals surface area contributed by atoms with Gasteiger partial charge in [-0.25, -0.2) is 0 Å². The van der Waals surface area contributed by atoms with Crippen LogP contribution in [0.3, 0.4) is 0 Å². The number of rotatable bonds is 1. The summed E-state index contributed by atoms with van der Waals surface area (Å²) in [5, 5.41) is 0. The van der Waals surface area contributed by atoms with Crippen LogP contribution in [-0.4, -0.2) is 12.1 Å². The highest BCUT2D eigenvalue weighted by Crippen LogP contribution is 2.43. The zero-order chi connectivity index (χ0) is 9.54. The van der Waals surface area contributed by atoms with Gasteiger partial charge >= 0.3 is 0 Å². The van der Waals surface area contributed by atoms with Gasteiger partial charge in [-0.3, -0.25) is 0 Å². The molecule has 1 aliphatic heterocycles. The van der Waals surface area contributed by atoms with E-state index in [1.807, 2.05) is 0 Å². The van der Waals surface area contributed by atoms with Gasteiger partial charge in [-0.2, -0.15) is 0 Å². The molecule has 0 radical (unpaired) electrons. The molecule has 1 heteroatoms. The zero-order valence-corrected chi connectivity index (χ0v) is 8.74. The molecule has 74 valence electrons. The topological polar surface area (TPSA) is 3.01 Å². The second-order valence-corrected chi connectivity index (χ2v) is 4.66. The van der Waals surface area contributed by atoms with Crippen molar-refractivity contribution >= 4 is 5.69 Å². The van der Waals surface area contributed by atoms with Gasteiger partial charge in [0.2, 0.25) is 0 Å². The van der Waals surface area contributed by atoms with Crippen LogP contribution in [-0.2, 0) is 0 Å². The molecule has 1 saturated carbocycles. The lowest BCUT2D eigenvalue weighted by atomic mass is 10.0. The smallest absolute Gasteiger partial charge is 0.0497 e. The maximum absolute atomic E-state index is 2.60. The minimum atomic E-state index is 0.881. The monoisotopic (exact) mass is 187 g/mol. The van der Waals surface area contributed by atoms with Crippen molar-refractivity contribution in [2.45, 2.75) is 44.7 Å². The van der Waals surface area contributed by atoms with E-state index in [1.54, 1.807) is 0 Å². The Balaban J connectivity index is 1.81. The Bertz CT molecular complexity index is 316. The Morgan fingerprint density at radius 1 is 1.00 bits per heavy atom. The number of hydrogen-bond acceptors (Lipinski definition) is 1. The fraction of sp³-hybridized carbons (Fsp3) is 0.538. The molecule has 2 unspecified atom stereocenters. The van der Waals surface area contributed by atoms with Crippen molar-refractivity contribution in [1.29, 1.82) is 0 Å². The first-order valence-electron chi connectivity index (χ1n) is 5.71. The molecule has 1 nitrogen and oxygen atoms in total. The second-order valence-electron chi connectivity index (χ2n) is 4.66. The van der Waals surface area contributed by atoms with Crippen LogP contribution < -0.4 is 4.90 Å². The van der Waals surface area contributed by atoms with Crippen LogP contribution >= 0.6 is 0 Å². The van der Waals surface area contributed by atoms with Gasteiger partial charge in [0.15, 0.2) is 0 Å². The van der Waals surface area contributed by atoms with Crippen LogP contribution in [0.5, 0.6) is 0 Å². The number of aryl methyl sites for hydroxylation is 1. The van der Waals surface area contributed by atoms with Crippen molar-refractivity contribution in [1.82, 2.24) is 0 Å². The maximum Gasteiger partial charge on any atom is 0.0497 e. The molecule has 0 N–H and O–H groups in total. The lowest BCUT2D eigenvalue weighted by Crippen LogP contribution is -2.00. The molecule has 1 saturated heterocycles. The molecular formula is C13H17N. The van der Waals surface area contributed by atoms with Gasteiger partial charge < -0.3 is 4.90 Å². The van der Waals surface area contributed by atoms with Gasteiger partial charge in [0.05, 0.1) is 0 Å². The highest BCUT2D eigenvalue weighted by Gasteiger charge is 2.47. The standard InChI is InChI=1S/C13H17N/c1-10-6-8-11(9-7-10)14-12-4-2-3-5-13(12)14/h6-9,12-13H,2-5H2,1H3. The normalized spacial score (nSPS) is 29.9. The van der Waals surface area contributed by atoms with E-state index >= 15 is 0 Å². The maximum atomic E-state index is 2.60. The minimum absolute atomic E-state index is 0.881. The summed E-state index contributed by atoms with van der Waals surface area (Å²) < 4.78 is 0. The first kappa shape index (κ1) is 8.34. The molecule has 0 bridgehead atoms. The largest absolute Gasteiger partial charge is 0.361 e. The van der Waals surface area contributed by atoms with Crippen LogP contribution in [0.25, 0.3) is 0 Å². The Morgan fingerprint density at radius 3 is 2.14 bits per heavy atom. The van der Waals surface area contributed by atoms with Crippen LogP contribution in [0, 0.1) is 6.92 Å². The van der Waals surface area contributed by atoms with Crippen LogP contribution in [0.1, 0.15) is 31.2 Å². The van der Waals surface area contributed by atoms with Crippen molar-refractivity contribution in [3.05, 3.63) is 29.8 Å². The lowest BCUT2D eigenvalue weighted by molar-refractivity contribution is 0.571. The van der Waals surface area contributed by atoms with Crippen molar-refractivity contribution < 1.29 is 0 Å². The van der Waals surface area contributed by atoms with Crippen LogP contribution in [0.2, 0.25) is 0 Å². The van der Waals surface area contributed by atoms with Gasteiger partial charge in [0.1, 0.15) is 0 Å². The number of fused-ring (bicyclic) bond motifs is 1. The molecule has 2 aliphatic rings. The molecule has 1 aromatic rings. The first-order valence-corrected chi connectivity index (χ1v) is 5.71. The van der Waals surface area contributed by atoms with E-state index in [2.05, 4.69) is 36.1 Å². The minimum Gasteiger partial charge on any atom is -0.361 e. The summed E-state index contributed by atoms with van der Waals surface area (Å²) in [6, 6.07) is 10.7. The second kappa shape index (κ2) is 3.01. The number of anilines is 1. The van der Waals surface area contributed by atoms with E-state index in [0.717, 1.165) is 12.1 Å². The van der Waals surface area contributed by atoms with Gasteiger partial charge in [-0.05, 0) is 31.9 Å². The van der Waals surface area contributed by atoms with Gasteiger partial charge in [0, 0.05) is 17.8 Å². The molecule has 2 atom stereocenters. The molecule has 3 rings (SSSR count). The summed E-state index contributed by atoms with van der Waals surface area (Å²) in [5.74, 6) is 0. The predicted molar refractivity (Wildman–Crippen MR) is 59.7 cm³/mol. The molecule has 2 fully saturated rings. The van der Waals surface area contributed by atoms with Gasteiger partial charge in [-0.1, -0.05) is 30.5 Å². The van der Waals surface area contributed by atoms with Crippen molar-refractivity contribution in [2.24, 2.45) is 0 Å². The van der Waals surface area contributed by atoms with E-state index in [0.29, 0.717) is 0 Å². The number of nitrogens with zero attached hydrogens (tertiary/aromatic N) is 1. The lowest BCUT2D eigenvalue weighted by Gasteiger charge is -2.04. The molecule has 1 aromatic carbocycles. The average molecular weight is 187 g/mol. The SMILES string of the molecule is Cc1ccc(N2C3CCCCC32)cc1.